The Morgan fingerprint density at radius 3 is 2.63 bits per heavy atom. The Balaban J connectivity index is 1.37. The first-order chi connectivity index (χ1) is 19.6. The number of nitrogens with one attached hydrogen (secondary N) is 1. The van der Waals surface area contributed by atoms with Gasteiger partial charge in [0.15, 0.2) is 0 Å². The number of nitrogens with zero attached hydrogens (tertiary/aromatic N) is 4. The van der Waals surface area contributed by atoms with Gasteiger partial charge in [-0.1, -0.05) is 23.7 Å². The molecule has 212 valence electrons. The normalized spacial score (nSPS) is 12.5. The highest BCUT2D eigenvalue weighted by Crippen LogP contribution is 2.35. The van der Waals surface area contributed by atoms with Crippen molar-refractivity contribution in [2.75, 3.05) is 31.4 Å². The van der Waals surface area contributed by atoms with E-state index < -0.39 is 9.84 Å². The molecule has 5 rings (SSSR count). The third-order valence-corrected chi connectivity index (χ3v) is 8.66. The summed E-state index contributed by atoms with van der Waals surface area (Å²) in [6, 6.07) is 17.0. The quantitative estimate of drug-likeness (QED) is 0.191. The number of ether oxygens (including phenoxy) is 1. The van der Waals surface area contributed by atoms with E-state index in [9.17, 15) is 12.8 Å². The van der Waals surface area contributed by atoms with Gasteiger partial charge < -0.3 is 15.0 Å². The lowest BCUT2D eigenvalue weighted by Gasteiger charge is -2.21. The van der Waals surface area contributed by atoms with Gasteiger partial charge in [-0.2, -0.15) is 0 Å². The number of fused-ring (bicyclic) bond motifs is 1. The maximum Gasteiger partial charge on any atom is 0.149 e. The van der Waals surface area contributed by atoms with Crippen LogP contribution in [0.15, 0.2) is 73.2 Å². The molecule has 0 amide bonds. The van der Waals surface area contributed by atoms with Crippen molar-refractivity contribution in [1.82, 2.24) is 19.9 Å². The molecule has 0 fully saturated rings. The number of sulfone groups is 1. The van der Waals surface area contributed by atoms with Crippen molar-refractivity contribution >= 4 is 55.2 Å². The summed E-state index contributed by atoms with van der Waals surface area (Å²) in [4.78, 5) is 16.2. The van der Waals surface area contributed by atoms with Crippen LogP contribution < -0.4 is 10.1 Å². The fourth-order valence-electron chi connectivity index (χ4n) is 4.26. The summed E-state index contributed by atoms with van der Waals surface area (Å²) < 4.78 is 43.2. The summed E-state index contributed by atoms with van der Waals surface area (Å²) in [6.45, 7) is 0.186. The van der Waals surface area contributed by atoms with Crippen LogP contribution in [-0.2, 0) is 16.4 Å². The van der Waals surface area contributed by atoms with Crippen LogP contribution in [0.4, 0.5) is 15.9 Å². The van der Waals surface area contributed by atoms with E-state index >= 15 is 0 Å². The molecule has 0 aliphatic rings. The number of benzene rings is 3. The monoisotopic (exact) mass is 611 g/mol. The predicted molar refractivity (Wildman–Crippen MR) is 162 cm³/mol. The van der Waals surface area contributed by atoms with Crippen LogP contribution in [0.5, 0.6) is 5.75 Å². The van der Waals surface area contributed by atoms with Gasteiger partial charge in [-0.05, 0) is 68.2 Å². The molecule has 1 atom stereocenters. The summed E-state index contributed by atoms with van der Waals surface area (Å²) in [5.41, 5.74) is 3.01. The molecule has 1 N–H and O–H groups in total. The van der Waals surface area contributed by atoms with Gasteiger partial charge in [-0.25, -0.2) is 27.8 Å². The van der Waals surface area contributed by atoms with Crippen molar-refractivity contribution in [3.05, 3.63) is 94.5 Å². The summed E-state index contributed by atoms with van der Waals surface area (Å²) in [5.74, 6) is 0.750. The molecule has 0 radical (unpaired) electrons. The Morgan fingerprint density at radius 2 is 1.90 bits per heavy atom. The van der Waals surface area contributed by atoms with E-state index in [1.165, 1.54) is 36.1 Å². The van der Waals surface area contributed by atoms with Crippen molar-refractivity contribution in [1.29, 1.82) is 0 Å². The first kappa shape index (κ1) is 28.9. The van der Waals surface area contributed by atoms with Gasteiger partial charge in [0.25, 0.3) is 0 Å². The fourth-order valence-corrected chi connectivity index (χ4v) is 6.76. The Hall–Kier alpha value is -3.64. The molecule has 41 heavy (non-hydrogen) atoms. The molecule has 0 aliphatic carbocycles. The summed E-state index contributed by atoms with van der Waals surface area (Å²) >= 11 is 7.95. The molecule has 0 aliphatic heterocycles. The van der Waals surface area contributed by atoms with Gasteiger partial charge in [0.2, 0.25) is 0 Å². The minimum atomic E-state index is -3.18. The minimum absolute atomic E-state index is 0.0124. The van der Waals surface area contributed by atoms with E-state index in [0.29, 0.717) is 27.8 Å². The lowest BCUT2D eigenvalue weighted by molar-refractivity contribution is 0.306. The van der Waals surface area contributed by atoms with Crippen LogP contribution in [-0.4, -0.2) is 54.4 Å². The van der Waals surface area contributed by atoms with Crippen LogP contribution >= 0.6 is 22.9 Å². The van der Waals surface area contributed by atoms with Gasteiger partial charge in [-0.15, -0.1) is 11.3 Å². The van der Waals surface area contributed by atoms with Crippen molar-refractivity contribution in [2.45, 2.75) is 12.6 Å². The molecule has 12 heteroatoms. The van der Waals surface area contributed by atoms with E-state index in [-0.39, 0.29) is 24.2 Å². The Bertz CT molecular complexity index is 1810. The van der Waals surface area contributed by atoms with E-state index in [2.05, 4.69) is 20.3 Å². The molecule has 8 nitrogen and oxygen atoms in total. The average molecular weight is 612 g/mol. The van der Waals surface area contributed by atoms with Gasteiger partial charge in [0, 0.05) is 34.0 Å². The lowest BCUT2D eigenvalue weighted by Crippen LogP contribution is -2.26. The minimum Gasteiger partial charge on any atom is -0.487 e. The van der Waals surface area contributed by atoms with Crippen molar-refractivity contribution in [3.8, 4) is 16.3 Å². The van der Waals surface area contributed by atoms with Crippen LogP contribution in [0.2, 0.25) is 5.02 Å². The molecular formula is C29H27ClFN5O3S2. The number of thiazole rings is 1. The molecular weight excluding hydrogens is 585 g/mol. The zero-order chi connectivity index (χ0) is 29.1. The number of halogens is 2. The standard InChI is InChI=1S/C29H27ClFN5O3S2/c1-36(2)25(16-41(3,37)38)27-14-32-29(40-27)19-7-9-24-22(12-19)28(34-17-33-24)35-21-8-10-26(23(30)13-21)39-15-18-5-4-6-20(31)11-18/h4-14,17,25H,15-16H2,1-3H3,(H,33,34,35)/t25-/m0/s1. The third-order valence-electron chi connectivity index (χ3n) is 6.30. The largest absolute Gasteiger partial charge is 0.487 e. The van der Waals surface area contributed by atoms with Crippen LogP contribution in [0.1, 0.15) is 16.5 Å². The highest BCUT2D eigenvalue weighted by atomic mass is 35.5. The number of hydrogen-bond acceptors (Lipinski definition) is 9. The van der Waals surface area contributed by atoms with Gasteiger partial charge in [0.1, 0.15) is 45.2 Å². The molecule has 3 aromatic carbocycles. The first-order valence-corrected chi connectivity index (χ1v) is 15.8. The van der Waals surface area contributed by atoms with E-state index in [0.717, 1.165) is 26.4 Å². The molecule has 2 aromatic heterocycles. The zero-order valence-electron chi connectivity index (χ0n) is 22.5. The molecule has 0 bridgehead atoms. The average Bonchev–Trinajstić information content (AvgIpc) is 3.41. The SMILES string of the molecule is CN(C)[C@@H](CS(C)(=O)=O)c1cnc(-c2ccc3ncnc(Nc4ccc(OCc5cccc(F)c5)c(Cl)c4)c3c2)s1. The van der Waals surface area contributed by atoms with Crippen molar-refractivity contribution in [2.24, 2.45) is 0 Å². The first-order valence-electron chi connectivity index (χ1n) is 12.5. The van der Waals surface area contributed by atoms with Crippen molar-refractivity contribution in [3.63, 3.8) is 0 Å². The summed E-state index contributed by atoms with van der Waals surface area (Å²) in [7, 11) is 0.536. The Kier molecular flexibility index (Phi) is 8.50. The Labute approximate surface area is 246 Å². The summed E-state index contributed by atoms with van der Waals surface area (Å²) in [6.07, 6.45) is 4.46. The lowest BCUT2D eigenvalue weighted by atomic mass is 10.1. The molecule has 0 saturated carbocycles. The van der Waals surface area contributed by atoms with Crippen molar-refractivity contribution < 1.29 is 17.5 Å². The predicted octanol–water partition coefficient (Wildman–Crippen LogP) is 6.52. The number of anilines is 2. The highest BCUT2D eigenvalue weighted by Gasteiger charge is 2.22. The molecule has 0 unspecified atom stereocenters. The van der Waals surface area contributed by atoms with Crippen LogP contribution in [0, 0.1) is 5.82 Å². The maximum absolute atomic E-state index is 13.5. The molecule has 0 saturated heterocycles. The van der Waals surface area contributed by atoms with E-state index in [4.69, 9.17) is 16.3 Å². The maximum atomic E-state index is 13.5. The second-order valence-electron chi connectivity index (χ2n) is 9.78. The number of rotatable bonds is 10. The Morgan fingerprint density at radius 1 is 1.07 bits per heavy atom. The number of aromatic nitrogens is 3. The topological polar surface area (TPSA) is 97.3 Å². The third kappa shape index (κ3) is 7.17. The highest BCUT2D eigenvalue weighted by molar-refractivity contribution is 7.90. The van der Waals surface area contributed by atoms with Gasteiger partial charge in [0.05, 0.1) is 22.3 Å². The molecule has 2 heterocycles. The number of hydrogen-bond donors (Lipinski definition) is 1. The second kappa shape index (κ2) is 12.1. The molecule has 0 spiro atoms. The van der Waals surface area contributed by atoms with Crippen LogP contribution in [0.3, 0.4) is 0 Å². The second-order valence-corrected chi connectivity index (χ2v) is 13.4. The van der Waals surface area contributed by atoms with E-state index in [1.807, 2.05) is 43.3 Å². The smallest absolute Gasteiger partial charge is 0.149 e. The van der Waals surface area contributed by atoms with Gasteiger partial charge >= 0.3 is 0 Å². The summed E-state index contributed by atoms with van der Waals surface area (Å²) in [5, 5.41) is 5.25. The molecule has 5 aromatic rings. The van der Waals surface area contributed by atoms with Gasteiger partial charge in [-0.3, -0.25) is 0 Å². The fraction of sp³-hybridized carbons (Fsp3) is 0.207. The van der Waals surface area contributed by atoms with E-state index in [1.54, 1.807) is 30.5 Å². The van der Waals surface area contributed by atoms with Crippen LogP contribution in [0.25, 0.3) is 21.5 Å². The zero-order valence-corrected chi connectivity index (χ0v) is 24.9.